The summed E-state index contributed by atoms with van der Waals surface area (Å²) in [7, 11) is 0. The minimum atomic E-state index is -1.35. The zero-order chi connectivity index (χ0) is 12.5. The summed E-state index contributed by atoms with van der Waals surface area (Å²) >= 11 is 6.07. The Labute approximate surface area is 102 Å². The van der Waals surface area contributed by atoms with E-state index in [0.29, 0.717) is 16.1 Å². The Morgan fingerprint density at radius 1 is 1.24 bits per heavy atom. The highest BCUT2D eigenvalue weighted by atomic mass is 35.5. The molecule has 0 saturated heterocycles. The minimum Gasteiger partial charge on any atom is -0.211 e. The van der Waals surface area contributed by atoms with Crippen LogP contribution in [0.25, 0.3) is 6.08 Å². The standard InChI is InChI=1S/C12H7ClN2O2/c1-8-4-10-9(11(13)5-8)2-3-12(10,14-6-16)15-7-17/h2-5H,1H3. The topological polar surface area (TPSA) is 58.9 Å². The fraction of sp³-hybridized carbons (Fsp3) is 0.167. The number of isocyanates is 2. The smallest absolute Gasteiger partial charge is 0.211 e. The van der Waals surface area contributed by atoms with Gasteiger partial charge in [0.25, 0.3) is 0 Å². The van der Waals surface area contributed by atoms with Gasteiger partial charge in [0.05, 0.1) is 0 Å². The van der Waals surface area contributed by atoms with Crippen LogP contribution in [-0.4, -0.2) is 12.2 Å². The number of fused-ring (bicyclic) bond motifs is 1. The van der Waals surface area contributed by atoms with Crippen molar-refractivity contribution in [3.8, 4) is 0 Å². The summed E-state index contributed by atoms with van der Waals surface area (Å²) in [5.74, 6) is 0. The molecule has 0 heterocycles. The summed E-state index contributed by atoms with van der Waals surface area (Å²) in [6, 6.07) is 3.57. The molecule has 1 aliphatic carbocycles. The third kappa shape index (κ3) is 1.75. The van der Waals surface area contributed by atoms with E-state index in [1.807, 2.05) is 6.92 Å². The quantitative estimate of drug-likeness (QED) is 0.595. The van der Waals surface area contributed by atoms with Crippen molar-refractivity contribution in [2.75, 3.05) is 0 Å². The fourth-order valence-corrected chi connectivity index (χ4v) is 2.21. The number of benzene rings is 1. The van der Waals surface area contributed by atoms with Gasteiger partial charge < -0.3 is 0 Å². The summed E-state index contributed by atoms with van der Waals surface area (Å²) in [4.78, 5) is 28.1. The summed E-state index contributed by atoms with van der Waals surface area (Å²) in [5.41, 5.74) is 0.836. The van der Waals surface area contributed by atoms with E-state index in [2.05, 4.69) is 9.98 Å². The highest BCUT2D eigenvalue weighted by Crippen LogP contribution is 2.41. The number of halogens is 1. The Bertz CT molecular complexity index is 591. The van der Waals surface area contributed by atoms with Crippen LogP contribution in [-0.2, 0) is 15.3 Å². The van der Waals surface area contributed by atoms with Gasteiger partial charge in [0.1, 0.15) is 0 Å². The molecule has 1 aromatic carbocycles. The molecule has 0 N–H and O–H groups in total. The van der Waals surface area contributed by atoms with Gasteiger partial charge in [0.15, 0.2) is 0 Å². The zero-order valence-electron chi connectivity index (χ0n) is 8.90. The van der Waals surface area contributed by atoms with Crippen LogP contribution < -0.4 is 0 Å². The van der Waals surface area contributed by atoms with Crippen molar-refractivity contribution < 1.29 is 9.59 Å². The van der Waals surface area contributed by atoms with E-state index < -0.39 is 5.66 Å². The highest BCUT2D eigenvalue weighted by molar-refractivity contribution is 6.32. The van der Waals surface area contributed by atoms with Gasteiger partial charge in [-0.15, -0.1) is 0 Å². The molecule has 0 radical (unpaired) electrons. The van der Waals surface area contributed by atoms with Gasteiger partial charge in [0.2, 0.25) is 17.8 Å². The second-order valence-corrected chi connectivity index (χ2v) is 4.08. The molecule has 5 heteroatoms. The molecule has 0 unspecified atom stereocenters. The van der Waals surface area contributed by atoms with Gasteiger partial charge in [0, 0.05) is 16.1 Å². The Balaban J connectivity index is 2.77. The molecular weight excluding hydrogens is 240 g/mol. The second-order valence-electron chi connectivity index (χ2n) is 3.67. The maximum absolute atomic E-state index is 10.5. The van der Waals surface area contributed by atoms with Crippen molar-refractivity contribution in [3.05, 3.63) is 39.9 Å². The molecule has 0 aliphatic heterocycles. The average Bonchev–Trinajstić information content (AvgIpc) is 2.59. The van der Waals surface area contributed by atoms with E-state index in [9.17, 15) is 9.59 Å². The second kappa shape index (κ2) is 4.11. The molecule has 0 aromatic heterocycles. The zero-order valence-corrected chi connectivity index (χ0v) is 9.65. The number of rotatable bonds is 2. The van der Waals surface area contributed by atoms with E-state index in [0.717, 1.165) is 5.56 Å². The number of hydrogen-bond donors (Lipinski definition) is 0. The van der Waals surface area contributed by atoms with Crippen LogP contribution in [0.15, 0.2) is 28.2 Å². The first-order valence-corrected chi connectivity index (χ1v) is 5.19. The lowest BCUT2D eigenvalue weighted by molar-refractivity contribution is 0.528. The third-order valence-corrected chi connectivity index (χ3v) is 2.90. The first kappa shape index (κ1) is 11.5. The molecule has 0 amide bonds. The first-order valence-electron chi connectivity index (χ1n) is 4.81. The van der Waals surface area contributed by atoms with Gasteiger partial charge >= 0.3 is 0 Å². The molecule has 1 aliphatic rings. The molecule has 1 aromatic rings. The van der Waals surface area contributed by atoms with Crippen LogP contribution in [0, 0.1) is 6.92 Å². The lowest BCUT2D eigenvalue weighted by Crippen LogP contribution is -2.15. The number of aryl methyl sites for hydroxylation is 1. The lowest BCUT2D eigenvalue weighted by atomic mass is 10.00. The molecule has 0 fully saturated rings. The van der Waals surface area contributed by atoms with E-state index in [-0.39, 0.29) is 0 Å². The van der Waals surface area contributed by atoms with E-state index in [1.54, 1.807) is 18.2 Å². The van der Waals surface area contributed by atoms with Gasteiger partial charge in [-0.1, -0.05) is 23.7 Å². The average molecular weight is 247 g/mol. The van der Waals surface area contributed by atoms with Crippen LogP contribution in [0.2, 0.25) is 5.02 Å². The SMILES string of the molecule is Cc1cc(Cl)c2c(c1)C(N=C=O)(N=C=O)C=C2. The van der Waals surface area contributed by atoms with Gasteiger partial charge in [-0.05, 0) is 24.6 Å². The van der Waals surface area contributed by atoms with E-state index in [4.69, 9.17) is 11.6 Å². The highest BCUT2D eigenvalue weighted by Gasteiger charge is 2.36. The van der Waals surface area contributed by atoms with Crippen molar-refractivity contribution in [2.24, 2.45) is 9.98 Å². The summed E-state index contributed by atoms with van der Waals surface area (Å²) < 4.78 is 0. The molecule has 0 spiro atoms. The van der Waals surface area contributed by atoms with Gasteiger partial charge in [-0.3, -0.25) is 0 Å². The summed E-state index contributed by atoms with van der Waals surface area (Å²) in [5, 5.41) is 0.528. The Hall–Kier alpha value is -1.99. The normalized spacial score (nSPS) is 20.4. The molecular formula is C12H7ClN2O2. The van der Waals surface area contributed by atoms with E-state index in [1.165, 1.54) is 18.2 Å². The Morgan fingerprint density at radius 2 is 1.88 bits per heavy atom. The molecule has 84 valence electrons. The maximum Gasteiger partial charge on any atom is 0.238 e. The van der Waals surface area contributed by atoms with Gasteiger partial charge in [-0.25, -0.2) is 9.59 Å². The van der Waals surface area contributed by atoms with Crippen LogP contribution in [0.4, 0.5) is 0 Å². The van der Waals surface area contributed by atoms with Gasteiger partial charge in [-0.2, -0.15) is 9.98 Å². The molecule has 0 bridgehead atoms. The number of hydrogen-bond acceptors (Lipinski definition) is 4. The number of nitrogens with zero attached hydrogens (tertiary/aromatic N) is 2. The predicted molar refractivity (Wildman–Crippen MR) is 63.1 cm³/mol. The van der Waals surface area contributed by atoms with Crippen molar-refractivity contribution in [1.82, 2.24) is 0 Å². The molecule has 0 atom stereocenters. The number of aliphatic imine (C=N–C) groups is 2. The first-order chi connectivity index (χ1) is 8.13. The predicted octanol–water partition coefficient (Wildman–Crippen LogP) is 2.50. The monoisotopic (exact) mass is 246 g/mol. The van der Waals surface area contributed by atoms with Crippen molar-refractivity contribution in [3.63, 3.8) is 0 Å². The molecule has 0 saturated carbocycles. The fourth-order valence-electron chi connectivity index (χ4n) is 1.88. The summed E-state index contributed by atoms with van der Waals surface area (Å²) in [6.45, 7) is 1.85. The van der Waals surface area contributed by atoms with Crippen molar-refractivity contribution >= 4 is 29.8 Å². The van der Waals surface area contributed by atoms with Crippen LogP contribution in [0.1, 0.15) is 16.7 Å². The minimum absolute atomic E-state index is 0.528. The molecule has 4 nitrogen and oxygen atoms in total. The molecule has 17 heavy (non-hydrogen) atoms. The Morgan fingerprint density at radius 3 is 2.47 bits per heavy atom. The van der Waals surface area contributed by atoms with Crippen LogP contribution >= 0.6 is 11.6 Å². The Kier molecular flexibility index (Phi) is 2.78. The lowest BCUT2D eigenvalue weighted by Gasteiger charge is -2.16. The van der Waals surface area contributed by atoms with Crippen LogP contribution in [0.5, 0.6) is 0 Å². The van der Waals surface area contributed by atoms with Crippen molar-refractivity contribution in [1.29, 1.82) is 0 Å². The summed E-state index contributed by atoms with van der Waals surface area (Å²) in [6.07, 6.45) is 6.05. The number of carbonyl (C=O) groups excluding carboxylic acids is 2. The largest absolute Gasteiger partial charge is 0.238 e. The third-order valence-electron chi connectivity index (χ3n) is 2.58. The maximum atomic E-state index is 10.5. The van der Waals surface area contributed by atoms with Crippen LogP contribution in [0.3, 0.4) is 0 Å². The van der Waals surface area contributed by atoms with E-state index >= 15 is 0 Å². The van der Waals surface area contributed by atoms with Crippen molar-refractivity contribution in [2.45, 2.75) is 12.6 Å². The molecule has 2 rings (SSSR count).